The van der Waals surface area contributed by atoms with E-state index in [1.54, 1.807) is 4.90 Å². The predicted molar refractivity (Wildman–Crippen MR) is 75.8 cm³/mol. The second kappa shape index (κ2) is 5.28. The lowest BCUT2D eigenvalue weighted by molar-refractivity contribution is -0.385. The normalized spacial score (nSPS) is 19.5. The summed E-state index contributed by atoms with van der Waals surface area (Å²) in [4.78, 5) is 30.6. The molecule has 0 atom stereocenters. The van der Waals surface area contributed by atoms with Crippen LogP contribution in [-0.4, -0.2) is 57.8 Å². The molecule has 1 aromatic heterocycles. The molecule has 0 bridgehead atoms. The SMILES string of the molecule is Nc1cc(C(=O)N2CCN(C3CC3)CC2)c([N+](=O)[O-])cn1. The van der Waals surface area contributed by atoms with Crippen LogP contribution in [0.2, 0.25) is 0 Å². The molecule has 0 aromatic carbocycles. The van der Waals surface area contributed by atoms with E-state index in [-0.39, 0.29) is 23.0 Å². The van der Waals surface area contributed by atoms with Gasteiger partial charge in [-0.25, -0.2) is 4.98 Å². The van der Waals surface area contributed by atoms with Crippen molar-refractivity contribution in [2.75, 3.05) is 31.9 Å². The number of nitro groups is 1. The quantitative estimate of drug-likeness (QED) is 0.642. The van der Waals surface area contributed by atoms with Gasteiger partial charge in [-0.3, -0.25) is 19.8 Å². The van der Waals surface area contributed by atoms with Gasteiger partial charge in [0, 0.05) is 32.2 Å². The molecule has 1 aromatic rings. The number of pyridine rings is 1. The van der Waals surface area contributed by atoms with Crippen molar-refractivity contribution < 1.29 is 9.72 Å². The van der Waals surface area contributed by atoms with Gasteiger partial charge in [-0.05, 0) is 18.9 Å². The number of nitrogens with zero attached hydrogens (tertiary/aromatic N) is 4. The molecular weight excluding hydrogens is 274 g/mol. The Bertz CT molecular complexity index is 579. The molecule has 0 spiro atoms. The first kappa shape index (κ1) is 13.7. The number of rotatable bonds is 3. The van der Waals surface area contributed by atoms with Crippen molar-refractivity contribution in [3.8, 4) is 0 Å². The Kier molecular flexibility index (Phi) is 3.46. The second-order valence-electron chi connectivity index (χ2n) is 5.44. The highest BCUT2D eigenvalue weighted by molar-refractivity contribution is 5.98. The average Bonchev–Trinajstić information content (AvgIpc) is 3.31. The first-order valence-corrected chi connectivity index (χ1v) is 6.99. The maximum absolute atomic E-state index is 12.5. The zero-order valence-corrected chi connectivity index (χ0v) is 11.6. The fourth-order valence-electron chi connectivity index (χ4n) is 2.68. The van der Waals surface area contributed by atoms with Crippen molar-refractivity contribution >= 4 is 17.4 Å². The van der Waals surface area contributed by atoms with Gasteiger partial charge in [-0.1, -0.05) is 0 Å². The second-order valence-corrected chi connectivity index (χ2v) is 5.44. The van der Waals surface area contributed by atoms with Gasteiger partial charge in [-0.2, -0.15) is 0 Å². The van der Waals surface area contributed by atoms with Crippen molar-refractivity contribution in [1.29, 1.82) is 0 Å². The molecule has 8 nitrogen and oxygen atoms in total. The van der Waals surface area contributed by atoms with Crippen LogP contribution in [0, 0.1) is 10.1 Å². The van der Waals surface area contributed by atoms with Gasteiger partial charge in [0.1, 0.15) is 17.6 Å². The molecular formula is C13H17N5O3. The summed E-state index contributed by atoms with van der Waals surface area (Å²) in [5.74, 6) is -0.230. The number of anilines is 1. The molecule has 2 aliphatic rings. The van der Waals surface area contributed by atoms with Crippen molar-refractivity contribution in [3.63, 3.8) is 0 Å². The fraction of sp³-hybridized carbons (Fsp3) is 0.538. The number of hydrogen-bond donors (Lipinski definition) is 1. The molecule has 1 amide bonds. The van der Waals surface area contributed by atoms with Gasteiger partial charge in [0.05, 0.1) is 4.92 Å². The van der Waals surface area contributed by atoms with Crippen LogP contribution < -0.4 is 5.73 Å². The number of hydrogen-bond acceptors (Lipinski definition) is 6. The Labute approximate surface area is 121 Å². The van der Waals surface area contributed by atoms with Crippen LogP contribution in [0.5, 0.6) is 0 Å². The van der Waals surface area contributed by atoms with Gasteiger partial charge in [0.2, 0.25) is 0 Å². The van der Waals surface area contributed by atoms with Crippen LogP contribution in [0.25, 0.3) is 0 Å². The average molecular weight is 291 g/mol. The summed E-state index contributed by atoms with van der Waals surface area (Å²) in [5.41, 5.74) is 5.28. The van der Waals surface area contributed by atoms with E-state index < -0.39 is 4.92 Å². The maximum Gasteiger partial charge on any atom is 0.300 e. The minimum atomic E-state index is -0.597. The highest BCUT2D eigenvalue weighted by Gasteiger charge is 2.33. The molecule has 0 unspecified atom stereocenters. The summed E-state index contributed by atoms with van der Waals surface area (Å²) < 4.78 is 0. The van der Waals surface area contributed by atoms with Crippen LogP contribution in [-0.2, 0) is 0 Å². The van der Waals surface area contributed by atoms with Gasteiger partial charge >= 0.3 is 0 Å². The molecule has 1 saturated carbocycles. The van der Waals surface area contributed by atoms with Crippen LogP contribution in [0.4, 0.5) is 11.5 Å². The smallest absolute Gasteiger partial charge is 0.300 e. The van der Waals surface area contributed by atoms with Gasteiger partial charge < -0.3 is 10.6 Å². The van der Waals surface area contributed by atoms with E-state index in [0.29, 0.717) is 19.1 Å². The summed E-state index contributed by atoms with van der Waals surface area (Å²) in [7, 11) is 0. The Morgan fingerprint density at radius 2 is 2.00 bits per heavy atom. The van der Waals surface area contributed by atoms with Gasteiger partial charge in [0.25, 0.3) is 11.6 Å². The highest BCUT2D eigenvalue weighted by Crippen LogP contribution is 2.28. The Morgan fingerprint density at radius 3 is 2.57 bits per heavy atom. The van der Waals surface area contributed by atoms with Crippen molar-refractivity contribution in [2.24, 2.45) is 0 Å². The number of amides is 1. The molecule has 1 aliphatic carbocycles. The highest BCUT2D eigenvalue weighted by atomic mass is 16.6. The fourth-order valence-corrected chi connectivity index (χ4v) is 2.68. The zero-order valence-electron chi connectivity index (χ0n) is 11.6. The monoisotopic (exact) mass is 291 g/mol. The molecule has 8 heteroatoms. The van der Waals surface area contributed by atoms with Crippen LogP contribution in [0.1, 0.15) is 23.2 Å². The van der Waals surface area contributed by atoms with E-state index in [9.17, 15) is 14.9 Å². The molecule has 112 valence electrons. The van der Waals surface area contributed by atoms with E-state index in [4.69, 9.17) is 5.73 Å². The lowest BCUT2D eigenvalue weighted by Gasteiger charge is -2.34. The number of carbonyl (C=O) groups excluding carboxylic acids is 1. The molecule has 1 saturated heterocycles. The van der Waals surface area contributed by atoms with E-state index in [1.807, 2.05) is 0 Å². The van der Waals surface area contributed by atoms with E-state index >= 15 is 0 Å². The number of piperazine rings is 1. The van der Waals surface area contributed by atoms with Crippen LogP contribution in [0.3, 0.4) is 0 Å². The van der Waals surface area contributed by atoms with Crippen LogP contribution >= 0.6 is 0 Å². The molecule has 0 radical (unpaired) electrons. The summed E-state index contributed by atoms with van der Waals surface area (Å²) >= 11 is 0. The molecule has 3 rings (SSSR count). The molecule has 21 heavy (non-hydrogen) atoms. The first-order valence-electron chi connectivity index (χ1n) is 6.99. The van der Waals surface area contributed by atoms with Crippen molar-refractivity contribution in [3.05, 3.63) is 27.9 Å². The Balaban J connectivity index is 1.76. The standard InChI is InChI=1S/C13H17N5O3/c14-12-7-10(11(8-15-12)18(20)21)13(19)17-5-3-16(4-6-17)9-1-2-9/h7-9H,1-6H2,(H2,14,15). The van der Waals surface area contributed by atoms with E-state index in [1.165, 1.54) is 18.9 Å². The number of nitrogen functional groups attached to an aromatic ring is 1. The molecule has 2 fully saturated rings. The summed E-state index contributed by atoms with van der Waals surface area (Å²) in [6.07, 6.45) is 3.52. The Morgan fingerprint density at radius 1 is 1.33 bits per heavy atom. The minimum Gasteiger partial charge on any atom is -0.384 e. The maximum atomic E-state index is 12.5. The van der Waals surface area contributed by atoms with E-state index in [2.05, 4.69) is 9.88 Å². The predicted octanol–water partition coefficient (Wildman–Crippen LogP) is 0.492. The van der Waals surface area contributed by atoms with Crippen LogP contribution in [0.15, 0.2) is 12.3 Å². The minimum absolute atomic E-state index is 0.0207. The first-order chi connectivity index (χ1) is 10.1. The lowest BCUT2D eigenvalue weighted by Crippen LogP contribution is -2.49. The van der Waals surface area contributed by atoms with Gasteiger partial charge in [-0.15, -0.1) is 0 Å². The lowest BCUT2D eigenvalue weighted by atomic mass is 10.1. The zero-order chi connectivity index (χ0) is 15.0. The summed E-state index contributed by atoms with van der Waals surface area (Å²) in [6.45, 7) is 2.83. The molecule has 2 N–H and O–H groups in total. The third kappa shape index (κ3) is 2.80. The Hall–Kier alpha value is -2.22. The van der Waals surface area contributed by atoms with Gasteiger partial charge in [0.15, 0.2) is 0 Å². The topological polar surface area (TPSA) is 106 Å². The number of aromatic nitrogens is 1. The van der Waals surface area contributed by atoms with Crippen molar-refractivity contribution in [1.82, 2.24) is 14.8 Å². The van der Waals surface area contributed by atoms with Crippen molar-refractivity contribution in [2.45, 2.75) is 18.9 Å². The molecule has 1 aliphatic heterocycles. The summed E-state index contributed by atoms with van der Waals surface area (Å²) in [6, 6.07) is 1.96. The molecule has 2 heterocycles. The summed E-state index contributed by atoms with van der Waals surface area (Å²) in [5, 5.41) is 11.0. The largest absolute Gasteiger partial charge is 0.384 e. The third-order valence-corrected chi connectivity index (χ3v) is 4.00. The third-order valence-electron chi connectivity index (χ3n) is 4.00. The van der Waals surface area contributed by atoms with E-state index in [0.717, 1.165) is 19.3 Å². The number of carbonyl (C=O) groups is 1. The number of nitrogens with two attached hydrogens (primary N) is 1.